The third kappa shape index (κ3) is 3.66. The quantitative estimate of drug-likeness (QED) is 0.588. The molecule has 2 saturated heterocycles. The van der Waals surface area contributed by atoms with Crippen LogP contribution in [0, 0.1) is 5.92 Å². The number of morpholine rings is 1. The topological polar surface area (TPSA) is 84.1 Å². The van der Waals surface area contributed by atoms with Crippen LogP contribution in [0.25, 0.3) is 0 Å². The third-order valence-electron chi connectivity index (χ3n) is 5.59. The van der Waals surface area contributed by atoms with Crippen molar-refractivity contribution in [3.8, 4) is 0 Å². The van der Waals surface area contributed by atoms with Crippen molar-refractivity contribution in [2.75, 3.05) is 59.5 Å². The summed E-state index contributed by atoms with van der Waals surface area (Å²) in [6, 6.07) is -0.876. The van der Waals surface area contributed by atoms with Crippen molar-refractivity contribution in [3.63, 3.8) is 0 Å². The molecule has 0 aromatic heterocycles. The fourth-order valence-corrected chi connectivity index (χ4v) is 4.15. The Morgan fingerprint density at radius 3 is 2.62 bits per heavy atom. The largest absolute Gasteiger partial charge is 0.416 e. The van der Waals surface area contributed by atoms with Crippen molar-refractivity contribution in [2.45, 2.75) is 26.8 Å². The van der Waals surface area contributed by atoms with Crippen LogP contribution >= 0.6 is 0 Å². The summed E-state index contributed by atoms with van der Waals surface area (Å²) in [7, 11) is 1.69. The minimum absolute atomic E-state index is 0.196. The monoisotopic (exact) mass is 404 g/mol. The molecule has 0 N–H and O–H groups in total. The van der Waals surface area contributed by atoms with E-state index in [4.69, 9.17) is 9.73 Å². The van der Waals surface area contributed by atoms with Gasteiger partial charge in [-0.15, -0.1) is 10.1 Å². The normalized spacial score (nSPS) is 25.6. The lowest BCUT2D eigenvalue weighted by molar-refractivity contribution is -0.527. The summed E-state index contributed by atoms with van der Waals surface area (Å²) in [6.45, 7) is 11.7. The zero-order valence-electron chi connectivity index (χ0n) is 17.7. The van der Waals surface area contributed by atoms with Crippen LogP contribution in [0.2, 0.25) is 0 Å². The zero-order chi connectivity index (χ0) is 20.7. The van der Waals surface area contributed by atoms with Crippen molar-refractivity contribution < 1.29 is 18.9 Å². The summed E-state index contributed by atoms with van der Waals surface area (Å²) in [5, 5.41) is 6.55. The molecule has 0 aromatic carbocycles. The van der Waals surface area contributed by atoms with Crippen molar-refractivity contribution in [1.82, 2.24) is 19.7 Å². The number of guanidine groups is 1. The number of ether oxygens (including phenoxy) is 1. The molecule has 29 heavy (non-hydrogen) atoms. The van der Waals surface area contributed by atoms with E-state index in [-0.39, 0.29) is 17.9 Å². The first-order chi connectivity index (χ1) is 13.9. The van der Waals surface area contributed by atoms with E-state index in [1.165, 1.54) is 9.80 Å². The Bertz CT molecular complexity index is 798. The Morgan fingerprint density at radius 1 is 1.21 bits per heavy atom. The zero-order valence-corrected chi connectivity index (χ0v) is 17.7. The molecule has 0 aromatic rings. The molecule has 2 fully saturated rings. The van der Waals surface area contributed by atoms with Gasteiger partial charge >= 0.3 is 12.0 Å². The molecule has 0 saturated carbocycles. The van der Waals surface area contributed by atoms with E-state index in [0.717, 1.165) is 38.6 Å². The van der Waals surface area contributed by atoms with Crippen LogP contribution in [0.3, 0.4) is 0 Å². The van der Waals surface area contributed by atoms with Crippen molar-refractivity contribution in [1.29, 1.82) is 0 Å². The molecule has 158 valence electrons. The van der Waals surface area contributed by atoms with E-state index in [1.54, 1.807) is 7.05 Å². The number of hydrogen-bond donors (Lipinski definition) is 0. The molecule has 0 aliphatic carbocycles. The second kappa shape index (κ2) is 7.83. The highest BCUT2D eigenvalue weighted by Gasteiger charge is 2.54. The molecular formula is C19H30N7O3+. The van der Waals surface area contributed by atoms with Gasteiger partial charge < -0.3 is 4.74 Å². The van der Waals surface area contributed by atoms with Gasteiger partial charge in [0.15, 0.2) is 0 Å². The molecule has 10 heteroatoms. The Balaban J connectivity index is 1.58. The van der Waals surface area contributed by atoms with Gasteiger partial charge in [-0.2, -0.15) is 0 Å². The van der Waals surface area contributed by atoms with E-state index >= 15 is 0 Å². The number of fused-ring (bicyclic) bond motifs is 2. The molecule has 1 unspecified atom stereocenters. The fraction of sp³-hybridized carbons (Fsp3) is 0.737. The number of rotatable bonds is 5. The first-order valence-electron chi connectivity index (χ1n) is 10.3. The maximum atomic E-state index is 13.2. The number of hydrazone groups is 1. The molecule has 4 heterocycles. The molecule has 4 aliphatic rings. The van der Waals surface area contributed by atoms with Crippen LogP contribution in [0.4, 0.5) is 4.79 Å². The Hall–Kier alpha value is -2.33. The number of hydrogen-bond acceptors (Lipinski definition) is 7. The Labute approximate surface area is 171 Å². The predicted octanol–water partition coefficient (Wildman–Crippen LogP) is -0.291. The van der Waals surface area contributed by atoms with Gasteiger partial charge in [-0.05, 0) is 12.8 Å². The number of nitrogens with zero attached hydrogens (tertiary/aromatic N) is 7. The lowest BCUT2D eigenvalue weighted by Crippen LogP contribution is -2.63. The molecular weight excluding hydrogens is 374 g/mol. The van der Waals surface area contributed by atoms with Crippen LogP contribution in [0.1, 0.15) is 20.8 Å². The van der Waals surface area contributed by atoms with Gasteiger partial charge in [0.2, 0.25) is 11.9 Å². The molecule has 0 spiro atoms. The summed E-state index contributed by atoms with van der Waals surface area (Å²) in [4.78, 5) is 35.9. The molecule has 3 amide bonds. The van der Waals surface area contributed by atoms with E-state index in [0.29, 0.717) is 31.4 Å². The summed E-state index contributed by atoms with van der Waals surface area (Å²) >= 11 is 0. The standard InChI is InChI=1S/C19H30N7O3/c1-13(2)11-25-17(27)15-16(22(4)19(25)28)20-18-24(15)12-14(3)21-26(18)6-5-23-7-9-29-10-8-23/h13,15H,5-12H2,1-4H3/q+1. The third-order valence-corrected chi connectivity index (χ3v) is 5.59. The van der Waals surface area contributed by atoms with Crippen LogP contribution in [0.5, 0.6) is 0 Å². The number of imide groups is 1. The van der Waals surface area contributed by atoms with E-state index in [2.05, 4.69) is 10.0 Å². The number of carbonyl (C=O) groups excluding carboxylic acids is 2. The Kier molecular flexibility index (Phi) is 5.39. The first-order valence-corrected chi connectivity index (χ1v) is 10.3. The van der Waals surface area contributed by atoms with Gasteiger partial charge in [0.25, 0.3) is 5.91 Å². The Morgan fingerprint density at radius 2 is 1.93 bits per heavy atom. The number of urea groups is 1. The lowest BCUT2D eigenvalue weighted by atomic mass is 10.1. The van der Waals surface area contributed by atoms with Gasteiger partial charge in [-0.25, -0.2) is 9.37 Å². The van der Waals surface area contributed by atoms with Crippen molar-refractivity contribution in [2.24, 2.45) is 16.0 Å². The van der Waals surface area contributed by atoms with Crippen LogP contribution in [-0.4, -0.2) is 119 Å². The lowest BCUT2D eigenvalue weighted by Gasteiger charge is -2.35. The highest BCUT2D eigenvalue weighted by atomic mass is 16.5. The van der Waals surface area contributed by atoms with Crippen LogP contribution < -0.4 is 0 Å². The van der Waals surface area contributed by atoms with Crippen LogP contribution in [-0.2, 0) is 9.53 Å². The van der Waals surface area contributed by atoms with Gasteiger partial charge in [0.1, 0.15) is 13.1 Å². The molecule has 0 radical (unpaired) electrons. The highest BCUT2D eigenvalue weighted by molar-refractivity contribution is 6.23. The second-order valence-corrected chi connectivity index (χ2v) is 8.40. The molecule has 0 bridgehead atoms. The first kappa shape index (κ1) is 20.0. The van der Waals surface area contributed by atoms with Gasteiger partial charge in [-0.1, -0.05) is 18.8 Å². The minimum Gasteiger partial charge on any atom is -0.379 e. The summed E-state index contributed by atoms with van der Waals surface area (Å²) in [5.41, 5.74) is 0.926. The average Bonchev–Trinajstić information content (AvgIpc) is 3.08. The van der Waals surface area contributed by atoms with E-state index < -0.39 is 6.04 Å². The van der Waals surface area contributed by atoms with Gasteiger partial charge in [0, 0.05) is 33.2 Å². The summed E-state index contributed by atoms with van der Waals surface area (Å²) in [5.74, 6) is 1.16. The molecule has 4 aliphatic heterocycles. The molecule has 10 nitrogen and oxygen atoms in total. The summed E-state index contributed by atoms with van der Waals surface area (Å²) < 4.78 is 7.40. The highest BCUT2D eigenvalue weighted by Crippen LogP contribution is 2.23. The predicted molar refractivity (Wildman–Crippen MR) is 108 cm³/mol. The maximum absolute atomic E-state index is 13.2. The fourth-order valence-electron chi connectivity index (χ4n) is 4.15. The summed E-state index contributed by atoms with van der Waals surface area (Å²) in [6.07, 6.45) is 0. The molecule has 4 rings (SSSR count). The van der Waals surface area contributed by atoms with Crippen molar-refractivity contribution in [3.05, 3.63) is 0 Å². The van der Waals surface area contributed by atoms with E-state index in [9.17, 15) is 9.59 Å². The number of carbonyl (C=O) groups is 2. The SMILES string of the molecule is CC1=NN(CCN2CCOCC2)C2=[N+](C1)C1C(=O)N(CC(C)C)C(=O)N(C)C1=N2. The van der Waals surface area contributed by atoms with Gasteiger partial charge in [-0.3, -0.25) is 19.5 Å². The average molecular weight is 404 g/mol. The van der Waals surface area contributed by atoms with Crippen LogP contribution in [0.15, 0.2) is 10.1 Å². The number of likely N-dealkylation sites (N-methyl/N-ethyl adjacent to an activating group) is 1. The van der Waals surface area contributed by atoms with Crippen molar-refractivity contribution >= 4 is 29.4 Å². The minimum atomic E-state index is -0.567. The number of amidine groups is 1. The smallest absolute Gasteiger partial charge is 0.379 e. The van der Waals surface area contributed by atoms with Gasteiger partial charge in [0.05, 0.1) is 18.9 Å². The molecule has 1 atom stereocenters. The number of aliphatic imine (C=N–C) groups is 1. The van der Waals surface area contributed by atoms with E-state index in [1.807, 2.05) is 30.4 Å². The second-order valence-electron chi connectivity index (χ2n) is 8.40. The maximum Gasteiger partial charge on any atom is 0.416 e. The number of amides is 3.